The zero-order valence-electron chi connectivity index (χ0n) is 13.0. The lowest BCUT2D eigenvalue weighted by atomic mass is 9.93. The van der Waals surface area contributed by atoms with Gasteiger partial charge in [-0.2, -0.15) is 0 Å². The van der Waals surface area contributed by atoms with Gasteiger partial charge in [0, 0.05) is 0 Å². The van der Waals surface area contributed by atoms with Crippen LogP contribution in [0.3, 0.4) is 0 Å². The summed E-state index contributed by atoms with van der Waals surface area (Å²) in [5.74, 6) is 0.613. The quantitative estimate of drug-likeness (QED) is 0.840. The average molecular weight is 267 g/mol. The maximum Gasteiger partial charge on any atom is 0.0551 e. The third-order valence-corrected chi connectivity index (χ3v) is 4.37. The van der Waals surface area contributed by atoms with Crippen molar-refractivity contribution in [3.05, 3.63) is 70.3 Å². The van der Waals surface area contributed by atoms with Gasteiger partial charge >= 0.3 is 0 Å². The number of nitrogens with two attached hydrogens (primary N) is 1. The van der Waals surface area contributed by atoms with E-state index < -0.39 is 0 Å². The molecule has 20 heavy (non-hydrogen) atoms. The molecule has 0 aromatic heterocycles. The van der Waals surface area contributed by atoms with Crippen LogP contribution in [-0.4, -0.2) is 0 Å². The molecular weight excluding hydrogens is 242 g/mol. The highest BCUT2D eigenvalue weighted by Crippen LogP contribution is 2.24. The zero-order chi connectivity index (χ0) is 14.7. The molecule has 0 aliphatic carbocycles. The molecule has 2 atom stereocenters. The molecule has 0 saturated heterocycles. The highest BCUT2D eigenvalue weighted by molar-refractivity contribution is 5.38. The standard InChI is InChI=1S/C19H25N/c1-5-13(2)16-8-10-17(11-9-16)19(20)18-7-6-14(3)15(4)12-18/h6-13,19H,5,20H2,1-4H3. The smallest absolute Gasteiger partial charge is 0.0551 e. The van der Waals surface area contributed by atoms with Gasteiger partial charge in [-0.15, -0.1) is 0 Å². The van der Waals surface area contributed by atoms with Crippen molar-refractivity contribution < 1.29 is 0 Å². The molecule has 0 saturated carbocycles. The van der Waals surface area contributed by atoms with Gasteiger partial charge in [0.05, 0.1) is 6.04 Å². The predicted molar refractivity (Wildman–Crippen MR) is 87.1 cm³/mol. The van der Waals surface area contributed by atoms with E-state index in [0.29, 0.717) is 5.92 Å². The molecule has 2 aromatic rings. The molecule has 0 aliphatic heterocycles. The van der Waals surface area contributed by atoms with Crippen molar-refractivity contribution >= 4 is 0 Å². The molecule has 0 spiro atoms. The first-order valence-electron chi connectivity index (χ1n) is 7.45. The molecule has 2 unspecified atom stereocenters. The summed E-state index contributed by atoms with van der Waals surface area (Å²) in [5.41, 5.74) is 12.8. The van der Waals surface area contributed by atoms with Gasteiger partial charge in [-0.3, -0.25) is 0 Å². The third kappa shape index (κ3) is 3.10. The van der Waals surface area contributed by atoms with Gasteiger partial charge in [-0.1, -0.05) is 56.3 Å². The van der Waals surface area contributed by atoms with Gasteiger partial charge in [-0.25, -0.2) is 0 Å². The van der Waals surface area contributed by atoms with Crippen molar-refractivity contribution in [3.63, 3.8) is 0 Å². The first kappa shape index (κ1) is 14.8. The molecule has 0 amide bonds. The van der Waals surface area contributed by atoms with Crippen molar-refractivity contribution in [2.75, 3.05) is 0 Å². The Labute approximate surface area is 122 Å². The Morgan fingerprint density at radius 1 is 0.850 bits per heavy atom. The Kier molecular flexibility index (Phi) is 4.61. The van der Waals surface area contributed by atoms with Crippen molar-refractivity contribution in [2.24, 2.45) is 5.73 Å². The van der Waals surface area contributed by atoms with Crippen LogP contribution in [0.4, 0.5) is 0 Å². The first-order chi connectivity index (χ1) is 9.52. The second kappa shape index (κ2) is 6.23. The highest BCUT2D eigenvalue weighted by Gasteiger charge is 2.10. The Balaban J connectivity index is 2.24. The molecule has 2 N–H and O–H groups in total. The van der Waals surface area contributed by atoms with Gasteiger partial charge in [0.1, 0.15) is 0 Å². The minimum Gasteiger partial charge on any atom is -0.320 e. The first-order valence-corrected chi connectivity index (χ1v) is 7.45. The van der Waals surface area contributed by atoms with E-state index in [1.807, 2.05) is 0 Å². The number of hydrogen-bond donors (Lipinski definition) is 1. The third-order valence-electron chi connectivity index (χ3n) is 4.37. The molecule has 106 valence electrons. The van der Waals surface area contributed by atoms with E-state index in [1.54, 1.807) is 0 Å². The summed E-state index contributed by atoms with van der Waals surface area (Å²) in [5, 5.41) is 0. The minimum absolute atomic E-state index is 0.0414. The fourth-order valence-electron chi connectivity index (χ4n) is 2.42. The molecule has 1 heteroatoms. The van der Waals surface area contributed by atoms with Gasteiger partial charge in [0.2, 0.25) is 0 Å². The summed E-state index contributed by atoms with van der Waals surface area (Å²) in [6, 6.07) is 15.2. The number of benzene rings is 2. The van der Waals surface area contributed by atoms with Gasteiger partial charge in [0.25, 0.3) is 0 Å². The summed E-state index contributed by atoms with van der Waals surface area (Å²) in [6.45, 7) is 8.75. The molecular formula is C19H25N. The lowest BCUT2D eigenvalue weighted by molar-refractivity contribution is 0.732. The maximum absolute atomic E-state index is 6.39. The predicted octanol–water partition coefficient (Wildman–Crippen LogP) is 4.87. The molecule has 0 fully saturated rings. The summed E-state index contributed by atoms with van der Waals surface area (Å²) >= 11 is 0. The second-order valence-corrected chi connectivity index (χ2v) is 5.80. The van der Waals surface area contributed by atoms with E-state index in [2.05, 4.69) is 70.2 Å². The Bertz CT molecular complexity index is 569. The van der Waals surface area contributed by atoms with E-state index in [9.17, 15) is 0 Å². The SMILES string of the molecule is CCC(C)c1ccc(C(N)c2ccc(C)c(C)c2)cc1. The van der Waals surface area contributed by atoms with Crippen LogP contribution < -0.4 is 5.73 Å². The Morgan fingerprint density at radius 3 is 1.95 bits per heavy atom. The fourth-order valence-corrected chi connectivity index (χ4v) is 2.42. The monoisotopic (exact) mass is 267 g/mol. The minimum atomic E-state index is -0.0414. The van der Waals surface area contributed by atoms with Crippen LogP contribution in [0.2, 0.25) is 0 Å². The lowest BCUT2D eigenvalue weighted by Crippen LogP contribution is -2.12. The Morgan fingerprint density at radius 2 is 1.40 bits per heavy atom. The van der Waals surface area contributed by atoms with E-state index >= 15 is 0 Å². The van der Waals surface area contributed by atoms with Crippen LogP contribution >= 0.6 is 0 Å². The second-order valence-electron chi connectivity index (χ2n) is 5.80. The van der Waals surface area contributed by atoms with Gasteiger partial charge < -0.3 is 5.73 Å². The lowest BCUT2D eigenvalue weighted by Gasteiger charge is -2.16. The average Bonchev–Trinajstić information content (AvgIpc) is 2.48. The van der Waals surface area contributed by atoms with E-state index in [4.69, 9.17) is 5.73 Å². The van der Waals surface area contributed by atoms with Crippen LogP contribution in [0.15, 0.2) is 42.5 Å². The molecule has 2 rings (SSSR count). The van der Waals surface area contributed by atoms with Crippen molar-refractivity contribution in [1.29, 1.82) is 0 Å². The highest BCUT2D eigenvalue weighted by atomic mass is 14.6. The van der Waals surface area contributed by atoms with Crippen LogP contribution in [0.1, 0.15) is 60.0 Å². The summed E-state index contributed by atoms with van der Waals surface area (Å²) in [4.78, 5) is 0. The number of aryl methyl sites for hydroxylation is 2. The van der Waals surface area contributed by atoms with Crippen LogP contribution in [0.5, 0.6) is 0 Å². The van der Waals surface area contributed by atoms with Crippen molar-refractivity contribution in [3.8, 4) is 0 Å². The summed E-state index contributed by atoms with van der Waals surface area (Å²) < 4.78 is 0. The normalized spacial score (nSPS) is 14.1. The Hall–Kier alpha value is -1.60. The van der Waals surface area contributed by atoms with E-state index in [0.717, 1.165) is 0 Å². The number of hydrogen-bond acceptors (Lipinski definition) is 1. The van der Waals surface area contributed by atoms with Gasteiger partial charge in [0.15, 0.2) is 0 Å². The zero-order valence-corrected chi connectivity index (χ0v) is 13.0. The van der Waals surface area contributed by atoms with Crippen LogP contribution in [0, 0.1) is 13.8 Å². The van der Waals surface area contributed by atoms with Gasteiger partial charge in [-0.05, 0) is 54.0 Å². The molecule has 1 nitrogen and oxygen atoms in total. The largest absolute Gasteiger partial charge is 0.320 e. The molecule has 0 heterocycles. The van der Waals surface area contributed by atoms with Crippen molar-refractivity contribution in [1.82, 2.24) is 0 Å². The van der Waals surface area contributed by atoms with Crippen LogP contribution in [-0.2, 0) is 0 Å². The summed E-state index contributed by atoms with van der Waals surface area (Å²) in [6.07, 6.45) is 1.17. The molecule has 0 radical (unpaired) electrons. The number of rotatable bonds is 4. The van der Waals surface area contributed by atoms with Crippen molar-refractivity contribution in [2.45, 2.75) is 46.1 Å². The summed E-state index contributed by atoms with van der Waals surface area (Å²) in [7, 11) is 0. The van der Waals surface area contributed by atoms with Crippen LogP contribution in [0.25, 0.3) is 0 Å². The van der Waals surface area contributed by atoms with E-state index in [1.165, 1.54) is 34.2 Å². The van der Waals surface area contributed by atoms with E-state index in [-0.39, 0.29) is 6.04 Å². The maximum atomic E-state index is 6.39. The molecule has 0 bridgehead atoms. The molecule has 2 aromatic carbocycles. The fraction of sp³-hybridized carbons (Fsp3) is 0.368. The molecule has 0 aliphatic rings. The topological polar surface area (TPSA) is 26.0 Å².